The van der Waals surface area contributed by atoms with Crippen LogP contribution < -0.4 is 0 Å². The van der Waals surface area contributed by atoms with Crippen molar-refractivity contribution in [1.82, 2.24) is 4.98 Å². The van der Waals surface area contributed by atoms with Crippen LogP contribution >= 0.6 is 0 Å². The zero-order valence-corrected chi connectivity index (χ0v) is 18.4. The van der Waals surface area contributed by atoms with Crippen molar-refractivity contribution in [2.24, 2.45) is 0 Å². The van der Waals surface area contributed by atoms with E-state index in [-0.39, 0.29) is 37.5 Å². The van der Waals surface area contributed by atoms with Gasteiger partial charge in [0.25, 0.3) is 0 Å². The number of aliphatic hydroxyl groups excluding tert-OH is 1. The number of allylic oxidation sites excluding steroid dienone is 2. The number of halogens is 1. The predicted octanol–water partition coefficient (Wildman–Crippen LogP) is 6.00. The molecule has 0 saturated heterocycles. The van der Waals surface area contributed by atoms with Crippen molar-refractivity contribution >= 4 is 27.3 Å². The number of aliphatic hydroxyl groups is 1. The summed E-state index contributed by atoms with van der Waals surface area (Å²) in [6.45, 7) is 3.00. The Labute approximate surface area is 182 Å². The molecule has 4 rings (SSSR count). The Morgan fingerprint density at radius 1 is 1.03 bits per heavy atom. The van der Waals surface area contributed by atoms with E-state index in [9.17, 15) is 4.39 Å². The largest absolute Gasteiger partial charge is 0.512 e. The number of benzene rings is 3. The molecule has 1 radical (unpaired) electrons. The van der Waals surface area contributed by atoms with Crippen molar-refractivity contribution in [1.29, 1.82) is 0 Å². The van der Waals surface area contributed by atoms with Gasteiger partial charge in [0, 0.05) is 32.1 Å². The van der Waals surface area contributed by atoms with Crippen LogP contribution in [0, 0.1) is 11.9 Å². The second kappa shape index (κ2) is 10.1. The molecular formula is C24H20FIrNO2. The molecule has 1 heterocycles. The molecule has 0 aliphatic rings. The molecule has 0 atom stereocenters. The Balaban J connectivity index is 0.000000327. The molecule has 4 aromatic rings. The Morgan fingerprint density at radius 2 is 1.76 bits per heavy atom. The van der Waals surface area contributed by atoms with Crippen molar-refractivity contribution in [3.63, 3.8) is 0 Å². The van der Waals surface area contributed by atoms with Crippen LogP contribution in [0.2, 0.25) is 0 Å². The Bertz CT molecular complexity index is 1170. The van der Waals surface area contributed by atoms with E-state index in [2.05, 4.69) is 35.3 Å². The second-order valence-corrected chi connectivity index (χ2v) is 6.43. The van der Waals surface area contributed by atoms with Crippen LogP contribution in [0.5, 0.6) is 0 Å². The molecule has 5 heteroatoms. The van der Waals surface area contributed by atoms with E-state index >= 15 is 0 Å². The number of nitrogens with zero attached hydrogens (tertiary/aromatic N) is 1. The number of hydrogen-bond acceptors (Lipinski definition) is 2. The van der Waals surface area contributed by atoms with Crippen molar-refractivity contribution in [3.8, 4) is 11.3 Å². The molecular weight excluding hydrogens is 545 g/mol. The second-order valence-electron chi connectivity index (χ2n) is 6.43. The number of fused-ring (bicyclic) bond motifs is 3. The molecule has 0 spiro atoms. The van der Waals surface area contributed by atoms with Crippen molar-refractivity contribution in [2.75, 3.05) is 0 Å². The van der Waals surface area contributed by atoms with Crippen LogP contribution in [0.3, 0.4) is 0 Å². The molecule has 0 aliphatic heterocycles. The smallest absolute Gasteiger partial charge is 0.316 e. The SMILES string of the molecule is CC(=[OH+])/C=C(/C)O.Fc1c[c-]c(-c2cc3c(ccc4ccccc43)cn2)cc1.[Ir]. The van der Waals surface area contributed by atoms with Crippen LogP contribution in [0.1, 0.15) is 13.8 Å². The fourth-order valence-electron chi connectivity index (χ4n) is 2.91. The summed E-state index contributed by atoms with van der Waals surface area (Å²) < 4.78 is 13.0. The third kappa shape index (κ3) is 5.80. The van der Waals surface area contributed by atoms with Crippen molar-refractivity contribution < 1.29 is 34.4 Å². The topological polar surface area (TPSA) is 54.5 Å². The minimum absolute atomic E-state index is 0. The maximum atomic E-state index is 13.0. The molecule has 149 valence electrons. The summed E-state index contributed by atoms with van der Waals surface area (Å²) in [5, 5.41) is 13.0. The number of rotatable bonds is 2. The number of ketones is 1. The Kier molecular flexibility index (Phi) is 7.77. The van der Waals surface area contributed by atoms with Crippen LogP contribution in [0.4, 0.5) is 4.39 Å². The number of aromatic nitrogens is 1. The number of hydrogen-bond donors (Lipinski definition) is 1. The summed E-state index contributed by atoms with van der Waals surface area (Å²) in [4.78, 5) is 12.9. The summed E-state index contributed by atoms with van der Waals surface area (Å²) in [5.41, 5.74) is 1.60. The van der Waals surface area contributed by atoms with Crippen LogP contribution in [0.25, 0.3) is 32.8 Å². The molecule has 0 saturated carbocycles. The normalized spacial score (nSPS) is 10.8. The molecule has 2 N–H and O–H groups in total. The summed E-state index contributed by atoms with van der Waals surface area (Å²) in [6, 6.07) is 21.9. The van der Waals surface area contributed by atoms with Crippen LogP contribution in [-0.4, -0.2) is 20.7 Å². The third-order valence-electron chi connectivity index (χ3n) is 4.10. The first kappa shape index (κ1) is 22.4. The quantitative estimate of drug-likeness (QED) is 0.107. The number of pyridine rings is 1. The monoisotopic (exact) mass is 566 g/mol. The van der Waals surface area contributed by atoms with E-state index in [0.29, 0.717) is 0 Å². The molecule has 1 aromatic heterocycles. The zero-order chi connectivity index (χ0) is 20.1. The van der Waals surface area contributed by atoms with Gasteiger partial charge in [-0.25, -0.2) is 0 Å². The predicted molar refractivity (Wildman–Crippen MR) is 112 cm³/mol. The Morgan fingerprint density at radius 3 is 2.38 bits per heavy atom. The zero-order valence-electron chi connectivity index (χ0n) is 16.0. The van der Waals surface area contributed by atoms with Gasteiger partial charge in [-0.3, -0.25) is 9.18 Å². The molecule has 29 heavy (non-hydrogen) atoms. The minimum Gasteiger partial charge on any atom is -0.512 e. The molecule has 0 bridgehead atoms. The fraction of sp³-hybridized carbons (Fsp3) is 0.0833. The van der Waals surface area contributed by atoms with Crippen LogP contribution in [0.15, 0.2) is 78.7 Å². The van der Waals surface area contributed by atoms with Gasteiger partial charge in [0.2, 0.25) is 0 Å². The molecule has 0 unspecified atom stereocenters. The van der Waals surface area contributed by atoms with Gasteiger partial charge in [0.1, 0.15) is 0 Å². The number of carbonyl (C=O) groups excluding carboxylic acids is 1. The van der Waals surface area contributed by atoms with E-state index in [1.54, 1.807) is 6.07 Å². The molecule has 3 aromatic carbocycles. The third-order valence-corrected chi connectivity index (χ3v) is 4.10. The van der Waals surface area contributed by atoms with E-state index in [0.717, 1.165) is 22.0 Å². The van der Waals surface area contributed by atoms with Crippen LogP contribution in [-0.2, 0) is 20.1 Å². The first-order valence-corrected chi connectivity index (χ1v) is 8.79. The van der Waals surface area contributed by atoms with Gasteiger partial charge in [-0.1, -0.05) is 42.5 Å². The van der Waals surface area contributed by atoms with E-state index in [1.165, 1.54) is 42.8 Å². The van der Waals surface area contributed by atoms with E-state index in [4.69, 9.17) is 9.90 Å². The van der Waals surface area contributed by atoms with Crippen molar-refractivity contribution in [3.05, 3.63) is 90.6 Å². The molecule has 0 aliphatic carbocycles. The summed E-state index contributed by atoms with van der Waals surface area (Å²) in [7, 11) is 0. The first-order valence-electron chi connectivity index (χ1n) is 8.79. The summed E-state index contributed by atoms with van der Waals surface area (Å²) in [5.74, 6) is -0.0370. The van der Waals surface area contributed by atoms with Gasteiger partial charge >= 0.3 is 5.78 Å². The van der Waals surface area contributed by atoms with Gasteiger partial charge in [0.15, 0.2) is 0 Å². The molecule has 0 fully saturated rings. The Hall–Kier alpha value is -2.88. The van der Waals surface area contributed by atoms with Gasteiger partial charge in [-0.15, -0.1) is 29.8 Å². The standard InChI is InChI=1S/C19H11FN.C5H8O2.Ir/c20-16-9-7-14(8-10-16)19-11-18-15(12-21-19)6-5-13-3-1-2-4-17(13)18;1-4(6)3-5(2)7;/h1-7,9-12H;3,6H,1-2H3;/q-1;;/p+1/b;4-3-;. The molecule has 3 nitrogen and oxygen atoms in total. The average molecular weight is 566 g/mol. The summed E-state index contributed by atoms with van der Waals surface area (Å²) >= 11 is 0. The van der Waals surface area contributed by atoms with Gasteiger partial charge in [-0.2, -0.15) is 0 Å². The average Bonchev–Trinajstić information content (AvgIpc) is 2.67. The van der Waals surface area contributed by atoms with Crippen molar-refractivity contribution in [2.45, 2.75) is 13.8 Å². The minimum atomic E-state index is -0.287. The summed E-state index contributed by atoms with van der Waals surface area (Å²) in [6.07, 6.45) is 3.13. The maximum Gasteiger partial charge on any atom is 0.316 e. The van der Waals surface area contributed by atoms with Gasteiger partial charge in [0.05, 0.1) is 18.8 Å². The van der Waals surface area contributed by atoms with E-state index < -0.39 is 0 Å². The maximum absolute atomic E-state index is 13.0. The first-order chi connectivity index (χ1) is 13.4. The fourth-order valence-corrected chi connectivity index (χ4v) is 2.91. The van der Waals surface area contributed by atoms with Gasteiger partial charge in [-0.05, 0) is 34.2 Å². The van der Waals surface area contributed by atoms with Gasteiger partial charge < -0.3 is 10.1 Å². The van der Waals surface area contributed by atoms with E-state index in [1.807, 2.05) is 24.4 Å². The molecule has 0 amide bonds.